The molecule has 3 N–H and O–H groups in total. The lowest BCUT2D eigenvalue weighted by Gasteiger charge is -2.36. The Morgan fingerprint density at radius 2 is 1.80 bits per heavy atom. The Bertz CT molecular complexity index is 1950. The first-order chi connectivity index (χ1) is 25.5. The van der Waals surface area contributed by atoms with Crippen molar-refractivity contribution in [2.75, 3.05) is 58.7 Å². The maximum Gasteiger partial charge on any atom is 0.490 e. The summed E-state index contributed by atoms with van der Waals surface area (Å²) in [6, 6.07) is 6.42. The number of ether oxygens (including phenoxy) is 1. The molecule has 296 valence electrons. The van der Waals surface area contributed by atoms with Crippen molar-refractivity contribution in [1.29, 1.82) is 0 Å². The monoisotopic (exact) mass is 801 g/mol. The molecule has 0 saturated carbocycles. The van der Waals surface area contributed by atoms with Crippen LogP contribution in [-0.2, 0) is 31.6 Å². The van der Waals surface area contributed by atoms with Crippen LogP contribution in [0.5, 0.6) is 5.88 Å². The molecule has 3 aromatic rings. The maximum atomic E-state index is 13.4. The molecule has 2 aromatic heterocycles. The van der Waals surface area contributed by atoms with Crippen LogP contribution in [0, 0.1) is 0 Å². The quantitative estimate of drug-likeness (QED) is 0.254. The Morgan fingerprint density at radius 1 is 1.13 bits per heavy atom. The number of likely N-dealkylation sites (N-methyl/N-ethyl adjacent to an activating group) is 1. The van der Waals surface area contributed by atoms with Crippen LogP contribution >= 0.6 is 11.6 Å². The summed E-state index contributed by atoms with van der Waals surface area (Å²) in [7, 11) is 1.47. The van der Waals surface area contributed by atoms with E-state index in [1.165, 1.54) is 23.2 Å². The summed E-state index contributed by atoms with van der Waals surface area (Å²) >= 11 is 6.02. The number of carbonyl (C=O) groups is 3. The normalized spacial score (nSPS) is 19.7. The van der Waals surface area contributed by atoms with Crippen LogP contribution in [0.15, 0.2) is 24.4 Å². The zero-order valence-corrected chi connectivity index (χ0v) is 31.5. The van der Waals surface area contributed by atoms with Crippen LogP contribution in [0.25, 0.3) is 10.9 Å². The summed E-state index contributed by atoms with van der Waals surface area (Å²) in [5.41, 5.74) is 2.95. The van der Waals surface area contributed by atoms with Crippen molar-refractivity contribution in [3.63, 3.8) is 0 Å². The van der Waals surface area contributed by atoms with Crippen LogP contribution in [0.2, 0.25) is 5.02 Å². The third-order valence-corrected chi connectivity index (χ3v) is 12.2. The molecule has 0 bridgehead atoms. The molecule has 16 nitrogen and oxygen atoms in total. The van der Waals surface area contributed by atoms with Crippen molar-refractivity contribution in [2.45, 2.75) is 62.6 Å². The lowest BCUT2D eigenvalue weighted by Crippen LogP contribution is -2.49. The number of anilines is 1. The Balaban J connectivity index is 0.000000730. The topological polar surface area (TPSA) is 192 Å². The SMILES string of the molecule is COc1nc(NC2CCN(S(=O)(=O)N(C)CCN3CCC(c4ccc5c(C6CCC(=O)NC6=O)nn(C)c5c4)CC3)CC2)ncc1Cl.O=C(O)C(F)(F)F. The van der Waals surface area contributed by atoms with E-state index in [9.17, 15) is 31.2 Å². The van der Waals surface area contributed by atoms with Gasteiger partial charge in [-0.1, -0.05) is 23.7 Å². The molecule has 0 spiro atoms. The second kappa shape index (κ2) is 17.1. The Morgan fingerprint density at radius 3 is 2.41 bits per heavy atom. The third kappa shape index (κ3) is 9.76. The Hall–Kier alpha value is -4.11. The molecule has 3 saturated heterocycles. The van der Waals surface area contributed by atoms with E-state index in [-0.39, 0.29) is 17.9 Å². The first-order valence-corrected chi connectivity index (χ1v) is 19.1. The fraction of sp³-hybridized carbons (Fsp3) is 0.576. The van der Waals surface area contributed by atoms with Gasteiger partial charge in [-0.05, 0) is 62.7 Å². The lowest BCUT2D eigenvalue weighted by atomic mass is 9.88. The van der Waals surface area contributed by atoms with Crippen molar-refractivity contribution < 1.29 is 45.8 Å². The number of aliphatic carboxylic acids is 1. The number of hydrogen-bond donors (Lipinski definition) is 3. The second-order valence-corrected chi connectivity index (χ2v) is 15.8. The van der Waals surface area contributed by atoms with Gasteiger partial charge in [0.25, 0.3) is 10.2 Å². The molecule has 5 heterocycles. The van der Waals surface area contributed by atoms with Crippen molar-refractivity contribution in [1.82, 2.24) is 38.6 Å². The first kappa shape index (κ1) is 41.1. The fourth-order valence-electron chi connectivity index (χ4n) is 6.83. The molecule has 0 aliphatic carbocycles. The maximum absolute atomic E-state index is 13.4. The smallest absolute Gasteiger partial charge is 0.480 e. The highest BCUT2D eigenvalue weighted by Gasteiger charge is 2.38. The number of methoxy groups -OCH3 is 1. The highest BCUT2D eigenvalue weighted by Crippen LogP contribution is 2.34. The number of halogens is 4. The van der Waals surface area contributed by atoms with E-state index in [2.05, 4.69) is 48.8 Å². The number of aromatic nitrogens is 4. The number of hydrogen-bond acceptors (Lipinski definition) is 11. The van der Waals surface area contributed by atoms with Gasteiger partial charge in [0, 0.05) is 58.1 Å². The van der Waals surface area contributed by atoms with Gasteiger partial charge in [0.2, 0.25) is 23.6 Å². The number of nitrogens with zero attached hydrogens (tertiary/aromatic N) is 7. The predicted molar refractivity (Wildman–Crippen MR) is 191 cm³/mol. The minimum absolute atomic E-state index is 0.0462. The molecule has 1 aromatic carbocycles. The summed E-state index contributed by atoms with van der Waals surface area (Å²) in [6.07, 6.45) is 0.418. The number of imide groups is 1. The van der Waals surface area contributed by atoms with E-state index >= 15 is 0 Å². The number of rotatable bonds is 10. The molecule has 6 rings (SSSR count). The molecule has 3 aliphatic heterocycles. The molecule has 0 radical (unpaired) electrons. The molecular weight excluding hydrogens is 759 g/mol. The van der Waals surface area contributed by atoms with Gasteiger partial charge in [-0.25, -0.2) is 9.78 Å². The van der Waals surface area contributed by atoms with Gasteiger partial charge in [-0.3, -0.25) is 19.6 Å². The number of benzene rings is 1. The Labute approximate surface area is 315 Å². The molecule has 3 aliphatic rings. The molecule has 1 atom stereocenters. The van der Waals surface area contributed by atoms with E-state index in [1.807, 2.05) is 11.7 Å². The van der Waals surface area contributed by atoms with Crippen molar-refractivity contribution in [2.24, 2.45) is 7.05 Å². The highest BCUT2D eigenvalue weighted by molar-refractivity contribution is 7.86. The highest BCUT2D eigenvalue weighted by atomic mass is 35.5. The average Bonchev–Trinajstić information content (AvgIpc) is 3.46. The standard InChI is InChI=1S/C31H42ClN9O5S.C2HF3O2/c1-38(47(44,45)41-14-10-22(11-15-41)34-31-33-19-25(32)30(36-31)46-3)16-17-40-12-8-20(9-13-40)21-4-5-23-26(18-21)39(2)37-28(23)24-6-7-27(42)35-29(24)43;3-2(4,5)1(6)7/h4-5,18-20,22,24H,6-17H2,1-3H3,(H,33,34,36)(H,35,42,43);(H,6,7). The number of likely N-dealkylation sites (tertiary alicyclic amines) is 1. The van der Waals surface area contributed by atoms with E-state index in [0.717, 1.165) is 42.5 Å². The van der Waals surface area contributed by atoms with Gasteiger partial charge in [0.15, 0.2) is 0 Å². The second-order valence-electron chi connectivity index (χ2n) is 13.4. The van der Waals surface area contributed by atoms with Crippen LogP contribution in [-0.4, -0.2) is 130 Å². The van der Waals surface area contributed by atoms with E-state index in [0.29, 0.717) is 74.6 Å². The van der Waals surface area contributed by atoms with Gasteiger partial charge in [0.1, 0.15) is 5.02 Å². The van der Waals surface area contributed by atoms with Crippen LogP contribution in [0.3, 0.4) is 0 Å². The number of carbonyl (C=O) groups excluding carboxylic acids is 2. The fourth-order valence-corrected chi connectivity index (χ4v) is 8.38. The molecule has 1 unspecified atom stereocenters. The number of carboxylic acid groups (broad SMARTS) is 1. The molecule has 3 fully saturated rings. The lowest BCUT2D eigenvalue weighted by molar-refractivity contribution is -0.192. The van der Waals surface area contributed by atoms with Crippen LogP contribution < -0.4 is 15.4 Å². The average molecular weight is 802 g/mol. The van der Waals surface area contributed by atoms with Gasteiger partial charge in [0.05, 0.1) is 30.4 Å². The number of fused-ring (bicyclic) bond motifs is 1. The summed E-state index contributed by atoms with van der Waals surface area (Å²) in [5.74, 6) is -2.59. The number of nitrogens with one attached hydrogen (secondary N) is 2. The summed E-state index contributed by atoms with van der Waals surface area (Å²) in [6.45, 7) is 3.70. The molecular formula is C33H43ClF3N9O7S. The van der Waals surface area contributed by atoms with Gasteiger partial charge >= 0.3 is 12.1 Å². The van der Waals surface area contributed by atoms with E-state index < -0.39 is 28.3 Å². The van der Waals surface area contributed by atoms with Crippen molar-refractivity contribution in [3.8, 4) is 5.88 Å². The number of piperidine rings is 3. The third-order valence-electron chi connectivity index (χ3n) is 9.92. The summed E-state index contributed by atoms with van der Waals surface area (Å²) < 4.78 is 68.5. The zero-order chi connectivity index (χ0) is 39.4. The molecule has 21 heteroatoms. The molecule has 2 amide bonds. The number of carboxylic acids is 1. The van der Waals surface area contributed by atoms with Gasteiger partial charge < -0.3 is 20.1 Å². The Kier molecular flexibility index (Phi) is 13.0. The summed E-state index contributed by atoms with van der Waals surface area (Å²) in [4.78, 5) is 43.8. The number of alkyl halides is 3. The molecule has 54 heavy (non-hydrogen) atoms. The van der Waals surface area contributed by atoms with Gasteiger partial charge in [-0.2, -0.15) is 40.3 Å². The minimum atomic E-state index is -5.08. The zero-order valence-electron chi connectivity index (χ0n) is 30.0. The largest absolute Gasteiger partial charge is 0.490 e. The van der Waals surface area contributed by atoms with Crippen molar-refractivity contribution in [3.05, 3.63) is 40.7 Å². The van der Waals surface area contributed by atoms with Crippen LogP contribution in [0.4, 0.5) is 19.1 Å². The number of aryl methyl sites for hydroxylation is 1. The van der Waals surface area contributed by atoms with E-state index in [4.69, 9.17) is 26.2 Å². The predicted octanol–water partition coefficient (Wildman–Crippen LogP) is 3.11. The van der Waals surface area contributed by atoms with Gasteiger partial charge in [-0.15, -0.1) is 0 Å². The first-order valence-electron chi connectivity index (χ1n) is 17.3. The van der Waals surface area contributed by atoms with E-state index in [1.54, 1.807) is 11.4 Å². The van der Waals surface area contributed by atoms with Crippen LogP contribution in [0.1, 0.15) is 61.6 Å². The summed E-state index contributed by atoms with van der Waals surface area (Å²) in [5, 5.41) is 18.8. The van der Waals surface area contributed by atoms with Crippen molar-refractivity contribution >= 4 is 56.4 Å². The minimum Gasteiger partial charge on any atom is -0.480 e. The number of amides is 2.